The molecule has 0 aliphatic rings. The summed E-state index contributed by atoms with van der Waals surface area (Å²) in [6, 6.07) is 1.59. The van der Waals surface area contributed by atoms with Gasteiger partial charge in [0, 0.05) is 19.8 Å². The Balaban J connectivity index is 2.71. The molecule has 0 bridgehead atoms. The minimum Gasteiger partial charge on any atom is -0.393 e. The number of aliphatic hydroxyl groups is 1. The fourth-order valence-corrected chi connectivity index (χ4v) is 1.16. The maximum absolute atomic E-state index is 9.17. The Morgan fingerprint density at radius 1 is 1.69 bits per heavy atom. The Hall–Kier alpha value is -1.69. The van der Waals surface area contributed by atoms with Gasteiger partial charge in [-0.3, -0.25) is 5.41 Å². The molecular formula is C10H17N5O. The number of anilines is 1. The van der Waals surface area contributed by atoms with Crippen molar-refractivity contribution in [3.8, 4) is 0 Å². The third-order valence-electron chi connectivity index (χ3n) is 2.14. The molecule has 1 atom stereocenters. The van der Waals surface area contributed by atoms with Crippen LogP contribution in [0, 0.1) is 5.41 Å². The Morgan fingerprint density at radius 3 is 2.94 bits per heavy atom. The average molecular weight is 223 g/mol. The zero-order valence-corrected chi connectivity index (χ0v) is 9.51. The number of nitrogens with zero attached hydrogens (tertiary/aromatic N) is 3. The van der Waals surface area contributed by atoms with E-state index < -0.39 is 0 Å². The van der Waals surface area contributed by atoms with E-state index in [1.165, 1.54) is 0 Å². The fourth-order valence-electron chi connectivity index (χ4n) is 1.16. The molecule has 6 nitrogen and oxygen atoms in total. The van der Waals surface area contributed by atoms with E-state index in [9.17, 15) is 0 Å². The maximum Gasteiger partial charge on any atom is 0.225 e. The molecule has 0 saturated heterocycles. The largest absolute Gasteiger partial charge is 0.393 e. The van der Waals surface area contributed by atoms with Crippen molar-refractivity contribution >= 4 is 11.8 Å². The molecule has 0 spiro atoms. The highest BCUT2D eigenvalue weighted by molar-refractivity contribution is 5.93. The lowest BCUT2D eigenvalue weighted by Crippen LogP contribution is -2.25. The average Bonchev–Trinajstić information content (AvgIpc) is 2.26. The molecule has 0 aromatic carbocycles. The Labute approximate surface area is 94.6 Å². The van der Waals surface area contributed by atoms with Gasteiger partial charge in [0.1, 0.15) is 11.5 Å². The van der Waals surface area contributed by atoms with Gasteiger partial charge < -0.3 is 15.7 Å². The van der Waals surface area contributed by atoms with Gasteiger partial charge in [0.05, 0.1) is 6.10 Å². The molecular weight excluding hydrogens is 206 g/mol. The molecule has 1 heterocycles. The molecule has 88 valence electrons. The Kier molecular flexibility index (Phi) is 4.19. The predicted molar refractivity (Wildman–Crippen MR) is 62.6 cm³/mol. The summed E-state index contributed by atoms with van der Waals surface area (Å²) in [4.78, 5) is 10.0. The second-order valence-corrected chi connectivity index (χ2v) is 3.71. The lowest BCUT2D eigenvalue weighted by atomic mass is 10.3. The summed E-state index contributed by atoms with van der Waals surface area (Å²) in [5.74, 6) is 0.431. The number of nitrogens with one attached hydrogen (secondary N) is 1. The number of aromatic nitrogens is 2. The van der Waals surface area contributed by atoms with Crippen molar-refractivity contribution < 1.29 is 5.11 Å². The Morgan fingerprint density at radius 2 is 2.38 bits per heavy atom. The second-order valence-electron chi connectivity index (χ2n) is 3.71. The van der Waals surface area contributed by atoms with Gasteiger partial charge in [0.15, 0.2) is 0 Å². The summed E-state index contributed by atoms with van der Waals surface area (Å²) in [7, 11) is 1.83. The lowest BCUT2D eigenvalue weighted by molar-refractivity contribution is 0.186. The molecule has 1 unspecified atom stereocenters. The van der Waals surface area contributed by atoms with Crippen molar-refractivity contribution in [3.63, 3.8) is 0 Å². The molecule has 0 fully saturated rings. The minimum absolute atomic E-state index is 0.0763. The molecule has 1 aromatic heterocycles. The van der Waals surface area contributed by atoms with Crippen molar-refractivity contribution in [2.75, 3.05) is 18.5 Å². The van der Waals surface area contributed by atoms with E-state index in [4.69, 9.17) is 16.2 Å². The van der Waals surface area contributed by atoms with Crippen molar-refractivity contribution in [2.24, 2.45) is 5.73 Å². The third kappa shape index (κ3) is 3.47. The Bertz CT molecular complexity index is 366. The molecule has 1 aromatic rings. The van der Waals surface area contributed by atoms with Crippen molar-refractivity contribution in [3.05, 3.63) is 18.0 Å². The van der Waals surface area contributed by atoms with Crippen LogP contribution in [-0.2, 0) is 0 Å². The highest BCUT2D eigenvalue weighted by Gasteiger charge is 2.07. The van der Waals surface area contributed by atoms with E-state index in [2.05, 4.69) is 9.97 Å². The third-order valence-corrected chi connectivity index (χ3v) is 2.14. The van der Waals surface area contributed by atoms with E-state index >= 15 is 0 Å². The first-order valence-electron chi connectivity index (χ1n) is 5.07. The van der Waals surface area contributed by atoms with Crippen LogP contribution in [0.4, 0.5) is 5.95 Å². The zero-order valence-electron chi connectivity index (χ0n) is 9.51. The molecule has 0 aliphatic heterocycles. The van der Waals surface area contributed by atoms with Crippen LogP contribution in [0.1, 0.15) is 19.0 Å². The van der Waals surface area contributed by atoms with Gasteiger partial charge in [-0.1, -0.05) is 0 Å². The van der Waals surface area contributed by atoms with Gasteiger partial charge in [-0.05, 0) is 19.4 Å². The van der Waals surface area contributed by atoms with Gasteiger partial charge in [-0.2, -0.15) is 0 Å². The molecule has 1 rings (SSSR count). The van der Waals surface area contributed by atoms with Crippen LogP contribution in [0.25, 0.3) is 0 Å². The van der Waals surface area contributed by atoms with Crippen molar-refractivity contribution in [1.29, 1.82) is 5.41 Å². The van der Waals surface area contributed by atoms with Crippen LogP contribution >= 0.6 is 0 Å². The van der Waals surface area contributed by atoms with Gasteiger partial charge in [-0.15, -0.1) is 0 Å². The van der Waals surface area contributed by atoms with Crippen LogP contribution in [0.3, 0.4) is 0 Å². The first kappa shape index (κ1) is 12.4. The van der Waals surface area contributed by atoms with Crippen molar-refractivity contribution in [1.82, 2.24) is 9.97 Å². The van der Waals surface area contributed by atoms with Crippen LogP contribution in [0.5, 0.6) is 0 Å². The topological polar surface area (TPSA) is 99.1 Å². The number of nitrogens with two attached hydrogens (primary N) is 1. The summed E-state index contributed by atoms with van der Waals surface area (Å²) in [6.07, 6.45) is 1.86. The van der Waals surface area contributed by atoms with E-state index in [-0.39, 0.29) is 11.9 Å². The molecule has 0 amide bonds. The highest BCUT2D eigenvalue weighted by atomic mass is 16.3. The summed E-state index contributed by atoms with van der Waals surface area (Å²) >= 11 is 0. The molecule has 16 heavy (non-hydrogen) atoms. The monoisotopic (exact) mass is 223 g/mol. The maximum atomic E-state index is 9.17. The zero-order chi connectivity index (χ0) is 12.1. The van der Waals surface area contributed by atoms with Crippen LogP contribution in [0.2, 0.25) is 0 Å². The molecule has 0 radical (unpaired) electrons. The first-order valence-corrected chi connectivity index (χ1v) is 5.07. The van der Waals surface area contributed by atoms with E-state index in [1.54, 1.807) is 19.2 Å². The van der Waals surface area contributed by atoms with Crippen molar-refractivity contribution in [2.45, 2.75) is 19.4 Å². The number of hydrogen-bond donors (Lipinski definition) is 3. The van der Waals surface area contributed by atoms with E-state index in [0.717, 1.165) is 0 Å². The summed E-state index contributed by atoms with van der Waals surface area (Å²) in [6.45, 7) is 2.39. The first-order chi connectivity index (χ1) is 7.50. The predicted octanol–water partition coefficient (Wildman–Crippen LogP) is -0.0322. The number of nitrogen functional groups attached to an aromatic ring is 1. The standard InChI is InChI=1S/C10H17N5O/c1-7(16)4-6-15(2)10-13-5-3-8(14-10)9(11)12/h3,5,7,16H,4,6H2,1-2H3,(H3,11,12). The van der Waals surface area contributed by atoms with Crippen LogP contribution in [-0.4, -0.2) is 40.6 Å². The number of hydrogen-bond acceptors (Lipinski definition) is 5. The van der Waals surface area contributed by atoms with Crippen LogP contribution < -0.4 is 10.6 Å². The molecule has 4 N–H and O–H groups in total. The molecule has 0 aliphatic carbocycles. The quantitative estimate of drug-likeness (QED) is 0.481. The summed E-state index contributed by atoms with van der Waals surface area (Å²) in [5.41, 5.74) is 5.75. The number of aliphatic hydroxyl groups excluding tert-OH is 1. The SMILES string of the molecule is CC(O)CCN(C)c1nccc(C(=N)N)n1. The van der Waals surface area contributed by atoms with E-state index in [1.807, 2.05) is 11.9 Å². The van der Waals surface area contributed by atoms with Gasteiger partial charge in [0.2, 0.25) is 5.95 Å². The van der Waals surface area contributed by atoms with Gasteiger partial charge in [-0.25, -0.2) is 9.97 Å². The smallest absolute Gasteiger partial charge is 0.225 e. The fraction of sp³-hybridized carbons (Fsp3) is 0.500. The number of amidine groups is 1. The summed E-state index contributed by atoms with van der Waals surface area (Å²) in [5, 5.41) is 16.4. The minimum atomic E-state index is -0.349. The van der Waals surface area contributed by atoms with Gasteiger partial charge in [0.25, 0.3) is 0 Å². The van der Waals surface area contributed by atoms with E-state index in [0.29, 0.717) is 24.6 Å². The highest BCUT2D eigenvalue weighted by Crippen LogP contribution is 2.06. The normalized spacial score (nSPS) is 12.2. The number of rotatable bonds is 5. The molecule has 6 heteroatoms. The molecule has 0 saturated carbocycles. The van der Waals surface area contributed by atoms with Crippen LogP contribution in [0.15, 0.2) is 12.3 Å². The summed E-state index contributed by atoms with van der Waals surface area (Å²) < 4.78 is 0. The lowest BCUT2D eigenvalue weighted by Gasteiger charge is -2.17. The second kappa shape index (κ2) is 5.41. The van der Waals surface area contributed by atoms with Gasteiger partial charge >= 0.3 is 0 Å².